The molecule has 5 heteroatoms. The molecule has 0 unspecified atom stereocenters. The lowest BCUT2D eigenvalue weighted by Crippen LogP contribution is -2.19. The second-order valence-electron chi connectivity index (χ2n) is 2.27. The van der Waals surface area contributed by atoms with Crippen molar-refractivity contribution in [3.63, 3.8) is 0 Å². The third-order valence-electron chi connectivity index (χ3n) is 1.27. The van der Waals surface area contributed by atoms with Crippen LogP contribution in [0.25, 0.3) is 0 Å². The van der Waals surface area contributed by atoms with E-state index in [1.54, 1.807) is 6.08 Å². The van der Waals surface area contributed by atoms with E-state index in [1.165, 1.54) is 7.11 Å². The van der Waals surface area contributed by atoms with Crippen molar-refractivity contribution < 1.29 is 14.2 Å². The largest absolute Gasteiger partial charge is 0.376 e. The number of rotatable bonds is 9. The fourth-order valence-corrected chi connectivity index (χ4v) is 0.641. The van der Waals surface area contributed by atoms with Crippen LogP contribution in [0.5, 0.6) is 0 Å². The first kappa shape index (κ1) is 12.2. The highest BCUT2D eigenvalue weighted by Crippen LogP contribution is 1.94. The summed E-state index contributed by atoms with van der Waals surface area (Å²) in [4.78, 5) is 9.69. The van der Waals surface area contributed by atoms with Gasteiger partial charge in [-0.3, -0.25) is 0 Å². The Morgan fingerprint density at radius 3 is 2.92 bits per heavy atom. The van der Waals surface area contributed by atoms with Crippen molar-refractivity contribution >= 4 is 0 Å². The van der Waals surface area contributed by atoms with Gasteiger partial charge in [-0.25, -0.2) is 0 Å². The SMILES string of the molecule is C=C[C@H](COCCN=O)OCOC. The molecule has 0 fully saturated rings. The summed E-state index contributed by atoms with van der Waals surface area (Å²) in [6, 6.07) is 0. The van der Waals surface area contributed by atoms with E-state index < -0.39 is 0 Å². The minimum atomic E-state index is -0.202. The van der Waals surface area contributed by atoms with Gasteiger partial charge in [-0.1, -0.05) is 11.3 Å². The second kappa shape index (κ2) is 9.31. The van der Waals surface area contributed by atoms with E-state index in [2.05, 4.69) is 11.8 Å². The Labute approximate surface area is 77.6 Å². The van der Waals surface area contributed by atoms with Crippen LogP contribution in [0.15, 0.2) is 17.8 Å². The molecule has 0 saturated carbocycles. The molecule has 0 aromatic carbocycles. The fraction of sp³-hybridized carbons (Fsp3) is 0.750. The summed E-state index contributed by atoms with van der Waals surface area (Å²) in [7, 11) is 1.54. The Morgan fingerprint density at radius 1 is 1.62 bits per heavy atom. The molecular weight excluding hydrogens is 174 g/mol. The molecule has 0 N–H and O–H groups in total. The van der Waals surface area contributed by atoms with Crippen molar-refractivity contribution in [1.82, 2.24) is 0 Å². The van der Waals surface area contributed by atoms with Gasteiger partial charge in [0.1, 0.15) is 19.4 Å². The summed E-state index contributed by atoms with van der Waals surface area (Å²) in [5.41, 5.74) is 0. The number of hydrogen-bond acceptors (Lipinski definition) is 5. The van der Waals surface area contributed by atoms with Gasteiger partial charge in [0.05, 0.1) is 13.2 Å². The molecule has 0 rings (SSSR count). The summed E-state index contributed by atoms with van der Waals surface area (Å²) in [5.74, 6) is 0. The first-order valence-corrected chi connectivity index (χ1v) is 3.95. The molecule has 5 nitrogen and oxygen atoms in total. The fourth-order valence-electron chi connectivity index (χ4n) is 0.641. The zero-order valence-corrected chi connectivity index (χ0v) is 7.77. The average Bonchev–Trinajstić information content (AvgIpc) is 2.17. The normalized spacial score (nSPS) is 12.4. The molecule has 1 atom stereocenters. The highest BCUT2D eigenvalue weighted by molar-refractivity contribution is 4.79. The Bertz CT molecular complexity index is 140. The molecule has 0 aliphatic rings. The molecule has 0 amide bonds. The van der Waals surface area contributed by atoms with Crippen molar-refractivity contribution in [3.05, 3.63) is 17.6 Å². The summed E-state index contributed by atoms with van der Waals surface area (Å²) < 4.78 is 14.9. The Kier molecular flexibility index (Phi) is 8.75. The van der Waals surface area contributed by atoms with Crippen LogP contribution >= 0.6 is 0 Å². The lowest BCUT2D eigenvalue weighted by Gasteiger charge is -2.12. The van der Waals surface area contributed by atoms with Crippen LogP contribution in [-0.4, -0.2) is 39.8 Å². The highest BCUT2D eigenvalue weighted by Gasteiger charge is 2.03. The first-order valence-electron chi connectivity index (χ1n) is 3.95. The van der Waals surface area contributed by atoms with E-state index in [4.69, 9.17) is 14.2 Å². The second-order valence-corrected chi connectivity index (χ2v) is 2.27. The molecular formula is C8H15NO4. The van der Waals surface area contributed by atoms with Crippen LogP contribution < -0.4 is 0 Å². The quantitative estimate of drug-likeness (QED) is 0.234. The summed E-state index contributed by atoms with van der Waals surface area (Å²) in [6.07, 6.45) is 1.42. The number of nitrogens with zero attached hydrogens (tertiary/aromatic N) is 1. The van der Waals surface area contributed by atoms with Gasteiger partial charge in [-0.2, -0.15) is 4.91 Å². The number of nitroso groups, excluding NO2 is 1. The molecule has 0 aliphatic carbocycles. The predicted octanol–water partition coefficient (Wildman–Crippen LogP) is 0.944. The van der Waals surface area contributed by atoms with Crippen molar-refractivity contribution in [3.8, 4) is 0 Å². The maximum absolute atomic E-state index is 9.69. The van der Waals surface area contributed by atoms with Crippen LogP contribution in [0.3, 0.4) is 0 Å². The van der Waals surface area contributed by atoms with Crippen molar-refractivity contribution in [2.75, 3.05) is 33.7 Å². The van der Waals surface area contributed by atoms with Gasteiger partial charge in [0, 0.05) is 7.11 Å². The maximum Gasteiger partial charge on any atom is 0.147 e. The lowest BCUT2D eigenvalue weighted by molar-refractivity contribution is -0.0785. The molecule has 0 spiro atoms. The zero-order valence-electron chi connectivity index (χ0n) is 7.77. The minimum Gasteiger partial charge on any atom is -0.376 e. The molecule has 0 bridgehead atoms. The number of methoxy groups -OCH3 is 1. The number of ether oxygens (including phenoxy) is 3. The molecule has 0 aromatic heterocycles. The van der Waals surface area contributed by atoms with Gasteiger partial charge in [0.25, 0.3) is 0 Å². The number of hydrogen-bond donors (Lipinski definition) is 0. The van der Waals surface area contributed by atoms with Crippen LogP contribution in [-0.2, 0) is 14.2 Å². The average molecular weight is 189 g/mol. The van der Waals surface area contributed by atoms with Crippen LogP contribution in [0.1, 0.15) is 0 Å². The molecule has 0 aromatic rings. The Balaban J connectivity index is 3.35. The molecule has 13 heavy (non-hydrogen) atoms. The van der Waals surface area contributed by atoms with E-state index in [0.29, 0.717) is 13.2 Å². The van der Waals surface area contributed by atoms with Gasteiger partial charge >= 0.3 is 0 Å². The zero-order chi connectivity index (χ0) is 9.94. The molecule has 0 radical (unpaired) electrons. The Hall–Kier alpha value is -0.780. The maximum atomic E-state index is 9.69. The van der Waals surface area contributed by atoms with Crippen LogP contribution in [0.2, 0.25) is 0 Å². The Morgan fingerprint density at radius 2 is 2.38 bits per heavy atom. The van der Waals surface area contributed by atoms with Gasteiger partial charge < -0.3 is 14.2 Å². The summed E-state index contributed by atoms with van der Waals surface area (Å²) in [6.45, 7) is 4.60. The van der Waals surface area contributed by atoms with Crippen molar-refractivity contribution in [2.24, 2.45) is 5.18 Å². The van der Waals surface area contributed by atoms with Crippen molar-refractivity contribution in [1.29, 1.82) is 0 Å². The van der Waals surface area contributed by atoms with Gasteiger partial charge in [-0.15, -0.1) is 6.58 Å². The van der Waals surface area contributed by atoms with Crippen LogP contribution in [0, 0.1) is 4.91 Å². The topological polar surface area (TPSA) is 57.1 Å². The van der Waals surface area contributed by atoms with Crippen LogP contribution in [0.4, 0.5) is 0 Å². The summed E-state index contributed by atoms with van der Waals surface area (Å²) in [5, 5.41) is 2.65. The van der Waals surface area contributed by atoms with E-state index in [9.17, 15) is 4.91 Å². The predicted molar refractivity (Wildman–Crippen MR) is 48.4 cm³/mol. The third kappa shape index (κ3) is 7.58. The lowest BCUT2D eigenvalue weighted by atomic mass is 10.4. The highest BCUT2D eigenvalue weighted by atomic mass is 16.7. The standard InChI is InChI=1S/C8H15NO4/c1-3-8(13-7-11-2)6-12-5-4-9-10/h3,8H,1,4-7H2,2H3/t8-/m1/s1. The third-order valence-corrected chi connectivity index (χ3v) is 1.27. The van der Waals surface area contributed by atoms with Gasteiger partial charge in [0.2, 0.25) is 0 Å². The van der Waals surface area contributed by atoms with Crippen molar-refractivity contribution in [2.45, 2.75) is 6.10 Å². The smallest absolute Gasteiger partial charge is 0.147 e. The summed E-state index contributed by atoms with van der Waals surface area (Å²) >= 11 is 0. The first-order chi connectivity index (χ1) is 6.35. The minimum absolute atomic E-state index is 0.161. The van der Waals surface area contributed by atoms with E-state index >= 15 is 0 Å². The molecule has 0 heterocycles. The molecule has 76 valence electrons. The van der Waals surface area contributed by atoms with E-state index in [-0.39, 0.29) is 19.4 Å². The van der Waals surface area contributed by atoms with Gasteiger partial charge in [-0.05, 0) is 0 Å². The van der Waals surface area contributed by atoms with E-state index in [0.717, 1.165) is 0 Å². The molecule has 0 aliphatic heterocycles. The van der Waals surface area contributed by atoms with Gasteiger partial charge in [0.15, 0.2) is 0 Å². The van der Waals surface area contributed by atoms with E-state index in [1.807, 2.05) is 0 Å². The monoisotopic (exact) mass is 189 g/mol. The molecule has 0 saturated heterocycles.